The molecule has 242 valence electrons. The first-order valence-corrected chi connectivity index (χ1v) is 19.2. The summed E-state index contributed by atoms with van der Waals surface area (Å²) in [5.41, 5.74) is 7.18. The van der Waals surface area contributed by atoms with E-state index in [1.54, 1.807) is 0 Å². The van der Waals surface area contributed by atoms with Gasteiger partial charge in [0.2, 0.25) is 0 Å². The van der Waals surface area contributed by atoms with E-state index in [1.165, 1.54) is 20.7 Å². The number of anilines is 3. The molecule has 4 nitrogen and oxygen atoms in total. The second-order valence-corrected chi connectivity index (χ2v) is 16.3. The predicted molar refractivity (Wildman–Crippen MR) is 211 cm³/mol. The van der Waals surface area contributed by atoms with Crippen molar-refractivity contribution in [3.8, 4) is 34.0 Å². The van der Waals surface area contributed by atoms with Crippen molar-refractivity contribution in [3.05, 3.63) is 200 Å². The highest BCUT2D eigenvalue weighted by Crippen LogP contribution is 2.43. The molecule has 0 bridgehead atoms. The summed E-state index contributed by atoms with van der Waals surface area (Å²) in [7, 11) is -2.99. The van der Waals surface area contributed by atoms with E-state index in [2.05, 4.69) is 162 Å². The predicted octanol–water partition coefficient (Wildman–Crippen LogP) is 8.76. The highest BCUT2D eigenvalue weighted by Gasteiger charge is 2.50. The highest BCUT2D eigenvalue weighted by molar-refractivity contribution is 7.22. The molecule has 0 spiro atoms. The van der Waals surface area contributed by atoms with Crippen LogP contribution in [-0.4, -0.2) is 18.0 Å². The molecule has 0 saturated carbocycles. The number of benzene rings is 6. The van der Waals surface area contributed by atoms with Gasteiger partial charge in [0, 0.05) is 41.0 Å². The molecular weight excluding hydrogens is 639 g/mol. The number of pyridine rings is 2. The second kappa shape index (κ2) is 13.0. The van der Waals surface area contributed by atoms with Gasteiger partial charge in [-0.05, 0) is 81.4 Å². The van der Waals surface area contributed by atoms with Crippen molar-refractivity contribution in [2.24, 2.45) is 0 Å². The summed E-state index contributed by atoms with van der Waals surface area (Å²) in [5, 5.41) is 5.22. The fourth-order valence-corrected chi connectivity index (χ4v) is 12.9. The third-order valence-corrected chi connectivity index (χ3v) is 14.6. The number of nitrogens with zero attached hydrogens (tertiary/aromatic N) is 3. The molecule has 0 aliphatic carbocycles. The largest absolute Gasteiger partial charge is 0.457 e. The molecule has 5 heteroatoms. The minimum absolute atomic E-state index is 0.733. The Kier molecular flexibility index (Phi) is 7.80. The molecule has 0 N–H and O–H groups in total. The van der Waals surface area contributed by atoms with Crippen LogP contribution in [-0.2, 0) is 0 Å². The lowest BCUT2D eigenvalue weighted by Gasteiger charge is -2.46. The van der Waals surface area contributed by atoms with Crippen LogP contribution in [0, 0.1) is 0 Å². The van der Waals surface area contributed by atoms with Gasteiger partial charge in [0.25, 0.3) is 0 Å². The number of aromatic nitrogens is 2. The number of hydrogen-bond donors (Lipinski definition) is 0. The molecule has 0 radical (unpaired) electrons. The van der Waals surface area contributed by atoms with Crippen LogP contribution in [0.25, 0.3) is 22.5 Å². The van der Waals surface area contributed by atoms with Gasteiger partial charge < -0.3 is 9.64 Å². The van der Waals surface area contributed by atoms with Gasteiger partial charge in [0.15, 0.2) is 8.07 Å². The Balaban J connectivity index is 1.38. The number of hydrogen-bond acceptors (Lipinski definition) is 4. The standard InChI is InChI=1S/C46H33N3OSi/c1-4-18-35(19-5-1)49-43-27-10-11-28-45(43)51(38-21-6-2-7-22-38,39-23-8-3-9-24-39)46-40(42-26-13-15-30-48-42)32-37(33-44(46)49)50-36-20-16-17-34(31-36)41-25-12-14-29-47-41/h1-33H. The van der Waals surface area contributed by atoms with Crippen molar-refractivity contribution >= 4 is 45.9 Å². The minimum Gasteiger partial charge on any atom is -0.457 e. The van der Waals surface area contributed by atoms with Gasteiger partial charge in [-0.25, -0.2) is 0 Å². The maximum absolute atomic E-state index is 6.85. The molecule has 6 aromatic carbocycles. The van der Waals surface area contributed by atoms with Crippen LogP contribution in [0.1, 0.15) is 0 Å². The van der Waals surface area contributed by atoms with E-state index in [0.29, 0.717) is 0 Å². The van der Waals surface area contributed by atoms with Crippen LogP contribution in [0.3, 0.4) is 0 Å². The Morgan fingerprint density at radius 3 is 1.73 bits per heavy atom. The van der Waals surface area contributed by atoms with Gasteiger partial charge in [0.05, 0.1) is 17.1 Å². The van der Waals surface area contributed by atoms with Gasteiger partial charge >= 0.3 is 0 Å². The summed E-state index contributed by atoms with van der Waals surface area (Å²) >= 11 is 0. The van der Waals surface area contributed by atoms with E-state index >= 15 is 0 Å². The van der Waals surface area contributed by atoms with Crippen LogP contribution in [0.5, 0.6) is 11.5 Å². The molecule has 2 aromatic heterocycles. The van der Waals surface area contributed by atoms with Crippen molar-refractivity contribution < 1.29 is 4.74 Å². The van der Waals surface area contributed by atoms with Crippen LogP contribution >= 0.6 is 0 Å². The molecular formula is C46H33N3OSi. The van der Waals surface area contributed by atoms with Gasteiger partial charge in [0.1, 0.15) is 11.5 Å². The van der Waals surface area contributed by atoms with Crippen LogP contribution in [0.15, 0.2) is 200 Å². The average Bonchev–Trinajstić information content (AvgIpc) is 3.21. The van der Waals surface area contributed by atoms with Crippen LogP contribution in [0.2, 0.25) is 0 Å². The lowest BCUT2D eigenvalue weighted by molar-refractivity contribution is 0.483. The fraction of sp³-hybridized carbons (Fsp3) is 0. The Morgan fingerprint density at radius 2 is 1.06 bits per heavy atom. The van der Waals surface area contributed by atoms with Crippen molar-refractivity contribution in [1.82, 2.24) is 9.97 Å². The summed E-state index contributed by atoms with van der Waals surface area (Å²) in [5.74, 6) is 1.47. The van der Waals surface area contributed by atoms with Gasteiger partial charge in [-0.3, -0.25) is 9.97 Å². The van der Waals surface area contributed by atoms with Gasteiger partial charge in [-0.2, -0.15) is 0 Å². The molecule has 0 saturated heterocycles. The first-order valence-electron chi connectivity index (χ1n) is 17.2. The molecule has 51 heavy (non-hydrogen) atoms. The topological polar surface area (TPSA) is 38.2 Å². The normalized spacial score (nSPS) is 12.8. The zero-order chi connectivity index (χ0) is 34.0. The zero-order valence-electron chi connectivity index (χ0n) is 27.8. The maximum Gasteiger partial charge on any atom is 0.184 e. The molecule has 0 amide bonds. The molecule has 0 fully saturated rings. The summed E-state index contributed by atoms with van der Waals surface area (Å²) < 4.78 is 6.85. The Morgan fingerprint density at radius 1 is 0.451 bits per heavy atom. The SMILES string of the molecule is c1ccc(N2c3ccccc3[Si](c3ccccc3)(c3ccccc3)c3c(-c4ccccn4)cc(Oc4cccc(-c5ccccn5)c4)cc32)cc1. The molecule has 1 aliphatic heterocycles. The fourth-order valence-electron chi connectivity index (χ4n) is 7.59. The second-order valence-electron chi connectivity index (χ2n) is 12.6. The lowest BCUT2D eigenvalue weighted by atomic mass is 10.1. The Bertz CT molecular complexity index is 2400. The van der Waals surface area contributed by atoms with E-state index in [-0.39, 0.29) is 0 Å². The van der Waals surface area contributed by atoms with Gasteiger partial charge in [-0.15, -0.1) is 0 Å². The van der Waals surface area contributed by atoms with E-state index in [1.807, 2.05) is 48.8 Å². The summed E-state index contributed by atoms with van der Waals surface area (Å²) in [4.78, 5) is 12.0. The molecule has 8 aromatic rings. The number of ether oxygens (including phenoxy) is 1. The Labute approximate surface area is 299 Å². The molecule has 1 aliphatic rings. The van der Waals surface area contributed by atoms with E-state index in [9.17, 15) is 0 Å². The number of fused-ring (bicyclic) bond motifs is 2. The quantitative estimate of drug-likeness (QED) is 0.159. The van der Waals surface area contributed by atoms with Crippen molar-refractivity contribution in [1.29, 1.82) is 0 Å². The Hall–Kier alpha value is -6.56. The molecule has 0 atom stereocenters. The third-order valence-electron chi connectivity index (χ3n) is 9.66. The molecule has 0 unspecified atom stereocenters. The first-order chi connectivity index (χ1) is 25.3. The first kappa shape index (κ1) is 30.5. The lowest BCUT2D eigenvalue weighted by Crippen LogP contribution is -2.77. The number of rotatable bonds is 7. The van der Waals surface area contributed by atoms with E-state index in [4.69, 9.17) is 9.72 Å². The summed E-state index contributed by atoms with van der Waals surface area (Å²) in [6.07, 6.45) is 3.70. The smallest absolute Gasteiger partial charge is 0.184 e. The van der Waals surface area contributed by atoms with Gasteiger partial charge in [-0.1, -0.05) is 121 Å². The molecule has 9 rings (SSSR count). The number of para-hydroxylation sites is 2. The van der Waals surface area contributed by atoms with Crippen molar-refractivity contribution in [3.63, 3.8) is 0 Å². The monoisotopic (exact) mass is 671 g/mol. The summed E-state index contributed by atoms with van der Waals surface area (Å²) in [6, 6.07) is 66.4. The van der Waals surface area contributed by atoms with E-state index < -0.39 is 8.07 Å². The highest BCUT2D eigenvalue weighted by atomic mass is 28.3. The molecule has 3 heterocycles. The van der Waals surface area contributed by atoms with Crippen LogP contribution in [0.4, 0.5) is 17.1 Å². The minimum atomic E-state index is -2.99. The maximum atomic E-state index is 6.85. The third kappa shape index (κ3) is 5.32. The van der Waals surface area contributed by atoms with Crippen molar-refractivity contribution in [2.45, 2.75) is 0 Å². The summed E-state index contributed by atoms with van der Waals surface area (Å²) in [6.45, 7) is 0. The average molecular weight is 672 g/mol. The van der Waals surface area contributed by atoms with E-state index in [0.717, 1.165) is 51.1 Å². The van der Waals surface area contributed by atoms with Crippen LogP contribution < -0.4 is 30.4 Å². The zero-order valence-corrected chi connectivity index (χ0v) is 28.8. The van der Waals surface area contributed by atoms with Crippen molar-refractivity contribution in [2.75, 3.05) is 4.90 Å².